The summed E-state index contributed by atoms with van der Waals surface area (Å²) >= 11 is 6.42. The number of halogens is 1. The van der Waals surface area contributed by atoms with Crippen molar-refractivity contribution in [1.29, 1.82) is 5.26 Å². The molecule has 0 heterocycles. The number of carboxylic acids is 1. The second kappa shape index (κ2) is 11.2. The summed E-state index contributed by atoms with van der Waals surface area (Å²) in [5.74, 6) is -0.949. The Morgan fingerprint density at radius 1 is 1.11 bits per heavy atom. The number of aryl methyl sites for hydroxylation is 2. The van der Waals surface area contributed by atoms with Gasteiger partial charge >= 0.3 is 5.97 Å². The number of aromatic carboxylic acids is 1. The summed E-state index contributed by atoms with van der Waals surface area (Å²) < 4.78 is 11.2. The number of carboxylic acid groups (broad SMARTS) is 1. The molecule has 0 aliphatic rings. The minimum atomic E-state index is -1.01. The van der Waals surface area contributed by atoms with Crippen LogP contribution in [0.15, 0.2) is 60.2 Å². The first-order valence-corrected chi connectivity index (χ1v) is 10.9. The van der Waals surface area contributed by atoms with Crippen LogP contribution in [0.3, 0.4) is 0 Å². The van der Waals surface area contributed by atoms with Crippen molar-refractivity contribution in [3.63, 3.8) is 0 Å². The Hall–Kier alpha value is -4.28. The number of carbonyl (C=O) groups excluding carboxylic acids is 1. The van der Waals surface area contributed by atoms with Gasteiger partial charge in [-0.1, -0.05) is 41.4 Å². The zero-order valence-corrected chi connectivity index (χ0v) is 20.1. The van der Waals surface area contributed by atoms with E-state index in [-0.39, 0.29) is 28.5 Å². The van der Waals surface area contributed by atoms with Crippen LogP contribution in [-0.4, -0.2) is 24.1 Å². The van der Waals surface area contributed by atoms with E-state index in [1.165, 1.54) is 25.3 Å². The Morgan fingerprint density at radius 2 is 1.83 bits per heavy atom. The molecule has 1 amide bonds. The van der Waals surface area contributed by atoms with E-state index in [9.17, 15) is 14.9 Å². The maximum Gasteiger partial charge on any atom is 0.335 e. The molecule has 0 atom stereocenters. The first-order chi connectivity index (χ1) is 16.7. The highest BCUT2D eigenvalue weighted by molar-refractivity contribution is 6.32. The highest BCUT2D eigenvalue weighted by Gasteiger charge is 2.15. The van der Waals surface area contributed by atoms with Gasteiger partial charge in [-0.3, -0.25) is 4.79 Å². The number of ether oxygens (including phenoxy) is 2. The summed E-state index contributed by atoms with van der Waals surface area (Å²) in [5.41, 5.74) is 3.88. The molecule has 2 N–H and O–H groups in total. The van der Waals surface area contributed by atoms with Crippen LogP contribution >= 0.6 is 11.6 Å². The van der Waals surface area contributed by atoms with Gasteiger partial charge in [0.2, 0.25) is 0 Å². The van der Waals surface area contributed by atoms with E-state index in [0.29, 0.717) is 17.0 Å². The zero-order valence-electron chi connectivity index (χ0n) is 19.4. The number of hydrogen-bond acceptors (Lipinski definition) is 5. The van der Waals surface area contributed by atoms with Crippen molar-refractivity contribution in [1.82, 2.24) is 0 Å². The summed E-state index contributed by atoms with van der Waals surface area (Å²) in [7, 11) is 1.45. The molecule has 3 aromatic rings. The smallest absolute Gasteiger partial charge is 0.335 e. The van der Waals surface area contributed by atoms with Crippen molar-refractivity contribution in [2.45, 2.75) is 20.5 Å². The van der Waals surface area contributed by atoms with Gasteiger partial charge in [0.25, 0.3) is 5.91 Å². The Bertz CT molecular complexity index is 1340. The van der Waals surface area contributed by atoms with Gasteiger partial charge in [-0.25, -0.2) is 4.79 Å². The number of nitrogens with one attached hydrogen (secondary N) is 1. The molecule has 35 heavy (non-hydrogen) atoms. The number of rotatable bonds is 8. The van der Waals surface area contributed by atoms with Gasteiger partial charge in [0.15, 0.2) is 11.5 Å². The number of anilines is 1. The first-order valence-electron chi connectivity index (χ1n) is 10.5. The van der Waals surface area contributed by atoms with Gasteiger partial charge in [0.05, 0.1) is 17.7 Å². The zero-order chi connectivity index (χ0) is 25.5. The number of carbonyl (C=O) groups is 2. The van der Waals surface area contributed by atoms with Gasteiger partial charge in [-0.15, -0.1) is 0 Å². The van der Waals surface area contributed by atoms with E-state index in [0.717, 1.165) is 16.7 Å². The van der Waals surface area contributed by atoms with E-state index in [2.05, 4.69) is 5.32 Å². The highest BCUT2D eigenvalue weighted by Crippen LogP contribution is 2.37. The molecule has 0 radical (unpaired) electrons. The van der Waals surface area contributed by atoms with Crippen molar-refractivity contribution in [3.05, 3.63) is 93.0 Å². The van der Waals surface area contributed by atoms with Gasteiger partial charge in [-0.2, -0.15) is 5.26 Å². The van der Waals surface area contributed by atoms with Crippen molar-refractivity contribution in [2.75, 3.05) is 12.4 Å². The van der Waals surface area contributed by atoms with Crippen LogP contribution in [0.1, 0.15) is 32.6 Å². The van der Waals surface area contributed by atoms with Crippen molar-refractivity contribution < 1.29 is 24.2 Å². The van der Waals surface area contributed by atoms with Crippen molar-refractivity contribution in [3.8, 4) is 17.6 Å². The molecule has 0 spiro atoms. The van der Waals surface area contributed by atoms with Gasteiger partial charge in [0, 0.05) is 5.69 Å². The van der Waals surface area contributed by atoms with Crippen LogP contribution < -0.4 is 14.8 Å². The first kappa shape index (κ1) is 25.3. The predicted octanol–water partition coefficient (Wildman–Crippen LogP) is 5.79. The lowest BCUT2D eigenvalue weighted by atomic mass is 10.1. The molecule has 0 saturated carbocycles. The molecule has 7 nitrogen and oxygen atoms in total. The van der Waals surface area contributed by atoms with E-state index < -0.39 is 11.9 Å². The van der Waals surface area contributed by atoms with Gasteiger partial charge in [-0.05, 0) is 66.9 Å². The topological polar surface area (TPSA) is 109 Å². The normalized spacial score (nSPS) is 10.9. The average molecular weight is 491 g/mol. The Kier molecular flexibility index (Phi) is 8.13. The molecule has 0 aliphatic carbocycles. The molecule has 0 aromatic heterocycles. The second-order valence-electron chi connectivity index (χ2n) is 7.77. The number of benzene rings is 3. The minimum absolute atomic E-state index is 0.102. The standard InChI is InChI=1S/C27H23ClN2O5/c1-16-4-9-23(17(2)10-16)30-26(31)21(14-29)11-19-12-22(28)25(24(13-19)34-3)35-15-18-5-7-20(8-6-18)27(32)33/h4-13H,15H2,1-3H3,(H,30,31)(H,32,33)/b21-11+. The van der Waals surface area contributed by atoms with E-state index >= 15 is 0 Å². The van der Waals surface area contributed by atoms with Crippen LogP contribution in [-0.2, 0) is 11.4 Å². The third-order valence-corrected chi connectivity index (χ3v) is 5.42. The second-order valence-corrected chi connectivity index (χ2v) is 8.17. The molecule has 0 unspecified atom stereocenters. The predicted molar refractivity (Wildman–Crippen MR) is 134 cm³/mol. The lowest BCUT2D eigenvalue weighted by Crippen LogP contribution is -2.14. The SMILES string of the molecule is COc1cc(/C=C(\C#N)C(=O)Nc2ccc(C)cc2C)cc(Cl)c1OCc1ccc(C(=O)O)cc1. The third kappa shape index (κ3) is 6.40. The fraction of sp³-hybridized carbons (Fsp3) is 0.148. The van der Waals surface area contributed by atoms with Gasteiger partial charge in [0.1, 0.15) is 18.2 Å². The third-order valence-electron chi connectivity index (χ3n) is 5.14. The summed E-state index contributed by atoms with van der Waals surface area (Å²) in [6.45, 7) is 3.97. The molecule has 0 bridgehead atoms. The average Bonchev–Trinajstić information content (AvgIpc) is 2.83. The fourth-order valence-electron chi connectivity index (χ4n) is 3.32. The van der Waals surface area contributed by atoms with E-state index in [1.807, 2.05) is 32.0 Å². The maximum absolute atomic E-state index is 12.7. The lowest BCUT2D eigenvalue weighted by molar-refractivity contribution is -0.112. The van der Waals surface area contributed by atoms with Crippen LogP contribution in [0.2, 0.25) is 5.02 Å². The fourth-order valence-corrected chi connectivity index (χ4v) is 3.59. The highest BCUT2D eigenvalue weighted by atomic mass is 35.5. The Morgan fingerprint density at radius 3 is 2.43 bits per heavy atom. The van der Waals surface area contributed by atoms with Crippen molar-refractivity contribution >= 4 is 35.2 Å². The molecule has 0 aliphatic heterocycles. The molecule has 0 fully saturated rings. The summed E-state index contributed by atoms with van der Waals surface area (Å²) in [5, 5.41) is 21.6. The Balaban J connectivity index is 1.80. The lowest BCUT2D eigenvalue weighted by Gasteiger charge is -2.14. The van der Waals surface area contributed by atoms with Gasteiger partial charge < -0.3 is 19.9 Å². The molecule has 178 valence electrons. The van der Waals surface area contributed by atoms with Crippen LogP contribution in [0, 0.1) is 25.2 Å². The van der Waals surface area contributed by atoms with E-state index in [4.69, 9.17) is 26.2 Å². The number of nitriles is 1. The maximum atomic E-state index is 12.7. The molecule has 3 rings (SSSR count). The van der Waals surface area contributed by atoms with Crippen LogP contribution in [0.4, 0.5) is 5.69 Å². The number of methoxy groups -OCH3 is 1. The molecule has 0 saturated heterocycles. The van der Waals surface area contributed by atoms with Crippen LogP contribution in [0.25, 0.3) is 6.08 Å². The van der Waals surface area contributed by atoms with Crippen LogP contribution in [0.5, 0.6) is 11.5 Å². The molecule has 3 aromatic carbocycles. The molecular weight excluding hydrogens is 468 g/mol. The minimum Gasteiger partial charge on any atom is -0.493 e. The summed E-state index contributed by atoms with van der Waals surface area (Å²) in [4.78, 5) is 23.7. The number of amides is 1. The van der Waals surface area contributed by atoms with E-state index in [1.54, 1.807) is 30.3 Å². The number of nitrogens with zero attached hydrogens (tertiary/aromatic N) is 1. The van der Waals surface area contributed by atoms with Crippen molar-refractivity contribution in [2.24, 2.45) is 0 Å². The summed E-state index contributed by atoms with van der Waals surface area (Å²) in [6, 6.07) is 17.0. The largest absolute Gasteiger partial charge is 0.493 e. The summed E-state index contributed by atoms with van der Waals surface area (Å²) in [6.07, 6.45) is 1.42. The molecule has 8 heteroatoms. The number of hydrogen-bond donors (Lipinski definition) is 2. The Labute approximate surface area is 208 Å². The quantitative estimate of drug-likeness (QED) is 0.305. The monoisotopic (exact) mass is 490 g/mol. The molecular formula is C27H23ClN2O5.